The molecule has 2 aromatic carbocycles. The lowest BCUT2D eigenvalue weighted by atomic mass is 10.2. The summed E-state index contributed by atoms with van der Waals surface area (Å²) in [4.78, 5) is 35.4. The SMILES string of the molecule is O=C(COc1ccc(/C=N\NC(=O)C(=O)NCc2ccco2)cc1Cl)Nc1ccccc1. The molecule has 9 nitrogen and oxygen atoms in total. The zero-order chi connectivity index (χ0) is 22.8. The summed E-state index contributed by atoms with van der Waals surface area (Å²) in [5.41, 5.74) is 3.33. The van der Waals surface area contributed by atoms with Gasteiger partial charge in [0, 0.05) is 5.69 Å². The van der Waals surface area contributed by atoms with E-state index in [1.807, 2.05) is 18.2 Å². The Labute approximate surface area is 188 Å². The van der Waals surface area contributed by atoms with Crippen molar-refractivity contribution in [2.45, 2.75) is 6.54 Å². The second kappa shape index (κ2) is 11.3. The molecular weight excluding hydrogens is 436 g/mol. The maximum atomic E-state index is 12.0. The van der Waals surface area contributed by atoms with Gasteiger partial charge in [-0.2, -0.15) is 5.10 Å². The lowest BCUT2D eigenvalue weighted by molar-refractivity contribution is -0.139. The van der Waals surface area contributed by atoms with Crippen molar-refractivity contribution in [3.63, 3.8) is 0 Å². The molecule has 0 spiro atoms. The van der Waals surface area contributed by atoms with Crippen molar-refractivity contribution >= 4 is 41.2 Å². The number of amides is 3. The second-order valence-corrected chi connectivity index (χ2v) is 6.76. The highest BCUT2D eigenvalue weighted by Gasteiger charge is 2.12. The third kappa shape index (κ3) is 6.99. The van der Waals surface area contributed by atoms with Crippen LogP contribution in [-0.4, -0.2) is 30.5 Å². The lowest BCUT2D eigenvalue weighted by Gasteiger charge is -2.09. The molecule has 0 atom stereocenters. The van der Waals surface area contributed by atoms with Crippen LogP contribution >= 0.6 is 11.6 Å². The van der Waals surface area contributed by atoms with E-state index >= 15 is 0 Å². The number of rotatable bonds is 8. The van der Waals surface area contributed by atoms with Crippen molar-refractivity contribution in [1.82, 2.24) is 10.7 Å². The number of nitrogens with one attached hydrogen (secondary N) is 3. The first-order valence-corrected chi connectivity index (χ1v) is 9.80. The van der Waals surface area contributed by atoms with E-state index in [2.05, 4.69) is 21.2 Å². The predicted molar refractivity (Wildman–Crippen MR) is 118 cm³/mol. The highest BCUT2D eigenvalue weighted by Crippen LogP contribution is 2.25. The first-order valence-electron chi connectivity index (χ1n) is 9.42. The molecule has 0 aliphatic carbocycles. The van der Waals surface area contributed by atoms with Crippen LogP contribution < -0.4 is 20.8 Å². The van der Waals surface area contributed by atoms with E-state index in [0.717, 1.165) is 0 Å². The smallest absolute Gasteiger partial charge is 0.329 e. The van der Waals surface area contributed by atoms with E-state index in [4.69, 9.17) is 20.8 Å². The summed E-state index contributed by atoms with van der Waals surface area (Å²) < 4.78 is 10.5. The molecule has 32 heavy (non-hydrogen) atoms. The highest BCUT2D eigenvalue weighted by molar-refractivity contribution is 6.35. The number of para-hydroxylation sites is 1. The molecule has 1 aromatic heterocycles. The largest absolute Gasteiger partial charge is 0.482 e. The van der Waals surface area contributed by atoms with E-state index in [0.29, 0.717) is 22.8 Å². The zero-order valence-electron chi connectivity index (χ0n) is 16.7. The first kappa shape index (κ1) is 22.6. The van der Waals surface area contributed by atoms with Crippen LogP contribution in [0.25, 0.3) is 0 Å². The molecule has 3 rings (SSSR count). The number of anilines is 1. The average molecular weight is 455 g/mol. The van der Waals surface area contributed by atoms with E-state index in [1.165, 1.54) is 12.5 Å². The van der Waals surface area contributed by atoms with Gasteiger partial charge in [0.2, 0.25) is 0 Å². The molecule has 0 aliphatic heterocycles. The van der Waals surface area contributed by atoms with Crippen molar-refractivity contribution in [3.05, 3.63) is 83.3 Å². The van der Waals surface area contributed by atoms with Gasteiger partial charge in [0.25, 0.3) is 5.91 Å². The highest BCUT2D eigenvalue weighted by atomic mass is 35.5. The number of furan rings is 1. The third-order valence-corrected chi connectivity index (χ3v) is 4.26. The van der Waals surface area contributed by atoms with Crippen LogP contribution in [0.5, 0.6) is 5.75 Å². The minimum atomic E-state index is -0.928. The first-order chi connectivity index (χ1) is 15.5. The van der Waals surface area contributed by atoms with Crippen LogP contribution in [-0.2, 0) is 20.9 Å². The van der Waals surface area contributed by atoms with E-state index in [9.17, 15) is 14.4 Å². The van der Waals surface area contributed by atoms with Gasteiger partial charge in [-0.25, -0.2) is 5.43 Å². The summed E-state index contributed by atoms with van der Waals surface area (Å²) in [7, 11) is 0. The topological polar surface area (TPSA) is 122 Å². The molecule has 0 aliphatic rings. The minimum Gasteiger partial charge on any atom is -0.482 e. The van der Waals surface area contributed by atoms with Gasteiger partial charge < -0.3 is 19.8 Å². The zero-order valence-corrected chi connectivity index (χ0v) is 17.5. The number of carbonyl (C=O) groups is 3. The fourth-order valence-corrected chi connectivity index (χ4v) is 2.70. The molecule has 3 amide bonds. The van der Waals surface area contributed by atoms with Gasteiger partial charge in [0.05, 0.1) is 24.0 Å². The molecule has 164 valence electrons. The number of halogens is 1. The van der Waals surface area contributed by atoms with Crippen molar-refractivity contribution in [2.75, 3.05) is 11.9 Å². The normalized spacial score (nSPS) is 10.5. The van der Waals surface area contributed by atoms with Crippen molar-refractivity contribution < 1.29 is 23.5 Å². The summed E-state index contributed by atoms with van der Waals surface area (Å²) >= 11 is 6.18. The van der Waals surface area contributed by atoms with E-state index in [1.54, 1.807) is 42.5 Å². The van der Waals surface area contributed by atoms with Gasteiger partial charge in [-0.3, -0.25) is 14.4 Å². The van der Waals surface area contributed by atoms with Gasteiger partial charge in [0.15, 0.2) is 6.61 Å². The Hall–Kier alpha value is -4.11. The van der Waals surface area contributed by atoms with Gasteiger partial charge >= 0.3 is 11.8 Å². The van der Waals surface area contributed by atoms with E-state index < -0.39 is 11.8 Å². The van der Waals surface area contributed by atoms with Gasteiger partial charge in [-0.1, -0.05) is 29.8 Å². The Bertz CT molecular complexity index is 1100. The number of hydrazone groups is 1. The number of benzene rings is 2. The number of hydrogen-bond donors (Lipinski definition) is 3. The Morgan fingerprint density at radius 2 is 1.84 bits per heavy atom. The minimum absolute atomic E-state index is 0.0867. The second-order valence-electron chi connectivity index (χ2n) is 6.35. The summed E-state index contributed by atoms with van der Waals surface area (Å²) in [6, 6.07) is 17.1. The molecule has 3 aromatic rings. The van der Waals surface area contributed by atoms with Gasteiger partial charge in [-0.15, -0.1) is 0 Å². The molecule has 0 unspecified atom stereocenters. The molecule has 0 radical (unpaired) electrons. The Morgan fingerprint density at radius 1 is 1.03 bits per heavy atom. The quantitative estimate of drug-likeness (QED) is 0.274. The molecule has 0 fully saturated rings. The van der Waals surface area contributed by atoms with Crippen molar-refractivity contribution in [2.24, 2.45) is 5.10 Å². The summed E-state index contributed by atoms with van der Waals surface area (Å²) in [5.74, 6) is -1.28. The van der Waals surface area contributed by atoms with Gasteiger partial charge in [0.1, 0.15) is 11.5 Å². The van der Waals surface area contributed by atoms with Crippen LogP contribution in [0.3, 0.4) is 0 Å². The fraction of sp³-hybridized carbons (Fsp3) is 0.0909. The maximum Gasteiger partial charge on any atom is 0.329 e. The summed E-state index contributed by atoms with van der Waals surface area (Å²) in [5, 5.41) is 9.08. The number of carbonyl (C=O) groups excluding carboxylic acids is 3. The van der Waals surface area contributed by atoms with Crippen LogP contribution in [0, 0.1) is 0 Å². The van der Waals surface area contributed by atoms with Crippen LogP contribution in [0.2, 0.25) is 5.02 Å². The molecular formula is C22H19ClN4O5. The summed E-state index contributed by atoms with van der Waals surface area (Å²) in [6.45, 7) is -0.130. The molecule has 3 N–H and O–H groups in total. The fourth-order valence-electron chi connectivity index (χ4n) is 2.45. The molecule has 0 saturated heterocycles. The average Bonchev–Trinajstić information content (AvgIpc) is 3.31. The van der Waals surface area contributed by atoms with E-state index in [-0.39, 0.29) is 24.1 Å². The maximum absolute atomic E-state index is 12.0. The Kier molecular flexibility index (Phi) is 7.99. The molecule has 0 saturated carbocycles. The lowest BCUT2D eigenvalue weighted by Crippen LogP contribution is -2.37. The Balaban J connectivity index is 1.44. The monoisotopic (exact) mass is 454 g/mol. The van der Waals surface area contributed by atoms with Crippen molar-refractivity contribution in [3.8, 4) is 5.75 Å². The predicted octanol–water partition coefficient (Wildman–Crippen LogP) is 2.72. The molecule has 1 heterocycles. The molecule has 0 bridgehead atoms. The summed E-state index contributed by atoms with van der Waals surface area (Å²) in [6.07, 6.45) is 2.78. The Morgan fingerprint density at radius 3 is 2.56 bits per heavy atom. The van der Waals surface area contributed by atoms with Crippen molar-refractivity contribution in [1.29, 1.82) is 0 Å². The van der Waals surface area contributed by atoms with Crippen LogP contribution in [0.4, 0.5) is 5.69 Å². The van der Waals surface area contributed by atoms with Crippen LogP contribution in [0.1, 0.15) is 11.3 Å². The van der Waals surface area contributed by atoms with Crippen LogP contribution in [0.15, 0.2) is 76.4 Å². The number of hydrogen-bond acceptors (Lipinski definition) is 6. The number of nitrogens with zero attached hydrogens (tertiary/aromatic N) is 1. The molecule has 10 heteroatoms. The standard InChI is InChI=1S/C22H19ClN4O5/c23-18-11-15(12-25-27-22(30)21(29)24-13-17-7-4-10-31-17)8-9-19(18)32-14-20(28)26-16-5-2-1-3-6-16/h1-12H,13-14H2,(H,24,29)(H,26,28)(H,27,30)/b25-12-. The number of ether oxygens (including phenoxy) is 1. The third-order valence-electron chi connectivity index (χ3n) is 3.96. The van der Waals surface area contributed by atoms with Gasteiger partial charge in [-0.05, 0) is 48.0 Å².